The summed E-state index contributed by atoms with van der Waals surface area (Å²) in [5, 5.41) is 17.3. The highest BCUT2D eigenvalue weighted by molar-refractivity contribution is 6.35. The summed E-state index contributed by atoms with van der Waals surface area (Å²) in [6, 6.07) is 11.7. The van der Waals surface area contributed by atoms with Gasteiger partial charge in [0, 0.05) is 18.7 Å². The Morgan fingerprint density at radius 2 is 1.85 bits per heavy atom. The Morgan fingerprint density at radius 1 is 1.07 bits per heavy atom. The molecule has 2 fully saturated rings. The second kappa shape index (κ2) is 6.43. The normalized spacial score (nSPS) is 18.4. The zero-order valence-corrected chi connectivity index (χ0v) is 14.4. The molecule has 0 bridgehead atoms. The minimum absolute atomic E-state index is 0.141. The molecule has 0 N–H and O–H groups in total. The molecule has 2 aliphatic rings. The maximum atomic E-state index is 13.8. The molecule has 8 heteroatoms. The quantitative estimate of drug-likeness (QED) is 0.766. The predicted octanol–water partition coefficient (Wildman–Crippen LogP) is 1.51. The number of carbonyl (C=O) groups is 2. The van der Waals surface area contributed by atoms with Crippen molar-refractivity contribution < 1.29 is 14.0 Å². The topological polar surface area (TPSA) is 90.2 Å². The van der Waals surface area contributed by atoms with Crippen molar-refractivity contribution >= 4 is 11.8 Å². The molecular formula is C19H16FN5O2. The van der Waals surface area contributed by atoms with E-state index in [1.807, 2.05) is 0 Å². The fraction of sp³-hybridized carbons (Fsp3) is 0.316. The highest BCUT2D eigenvalue weighted by atomic mass is 19.1. The Morgan fingerprint density at radius 3 is 2.48 bits per heavy atom. The third-order valence-electron chi connectivity index (χ3n) is 4.98. The molecule has 0 unspecified atom stereocenters. The van der Waals surface area contributed by atoms with Crippen LogP contribution in [0.15, 0.2) is 36.4 Å². The average molecular weight is 365 g/mol. The largest absolute Gasteiger partial charge is 0.327 e. The molecule has 2 heterocycles. The molecule has 7 nitrogen and oxygen atoms in total. The number of hydrogen-bond acceptors (Lipinski definition) is 5. The second-order valence-corrected chi connectivity index (χ2v) is 6.72. The number of benzene rings is 1. The Hall–Kier alpha value is -3.34. The Kier molecular flexibility index (Phi) is 4.07. The van der Waals surface area contributed by atoms with Gasteiger partial charge in [0.25, 0.3) is 0 Å². The summed E-state index contributed by atoms with van der Waals surface area (Å²) in [7, 11) is 0. The number of carbonyl (C=O) groups excluding carboxylic acids is 2. The van der Waals surface area contributed by atoms with Crippen molar-refractivity contribution in [1.82, 2.24) is 20.0 Å². The first-order valence-corrected chi connectivity index (χ1v) is 8.64. The van der Waals surface area contributed by atoms with Crippen LogP contribution in [0.2, 0.25) is 0 Å². The molecule has 1 saturated carbocycles. The van der Waals surface area contributed by atoms with Gasteiger partial charge in [0.05, 0.1) is 24.0 Å². The van der Waals surface area contributed by atoms with Gasteiger partial charge in [-0.05, 0) is 37.1 Å². The molecule has 4 rings (SSSR count). The average Bonchev–Trinajstić information content (AvgIpc) is 3.48. The van der Waals surface area contributed by atoms with Crippen LogP contribution in [-0.2, 0) is 16.1 Å². The van der Waals surface area contributed by atoms with Crippen LogP contribution in [0.5, 0.6) is 0 Å². The van der Waals surface area contributed by atoms with E-state index in [2.05, 4.69) is 16.3 Å². The van der Waals surface area contributed by atoms with E-state index in [1.165, 1.54) is 15.9 Å². The van der Waals surface area contributed by atoms with Crippen molar-refractivity contribution in [2.24, 2.45) is 0 Å². The number of hydrogen-bond donors (Lipinski definition) is 0. The van der Waals surface area contributed by atoms with Crippen molar-refractivity contribution in [2.45, 2.75) is 24.9 Å². The maximum Gasteiger partial charge on any atom is 0.313 e. The number of piperazine rings is 1. The minimum atomic E-state index is -0.792. The van der Waals surface area contributed by atoms with E-state index < -0.39 is 17.4 Å². The molecule has 27 heavy (non-hydrogen) atoms. The second-order valence-electron chi connectivity index (χ2n) is 6.72. The van der Waals surface area contributed by atoms with Crippen LogP contribution >= 0.6 is 0 Å². The van der Waals surface area contributed by atoms with Gasteiger partial charge in [0.15, 0.2) is 0 Å². The highest BCUT2D eigenvalue weighted by Gasteiger charge is 2.54. The van der Waals surface area contributed by atoms with E-state index >= 15 is 0 Å². The van der Waals surface area contributed by atoms with E-state index in [0.29, 0.717) is 42.9 Å². The number of rotatable bonds is 4. The van der Waals surface area contributed by atoms with E-state index in [4.69, 9.17) is 0 Å². The molecule has 136 valence electrons. The molecule has 0 spiro atoms. The third kappa shape index (κ3) is 3.01. The molecule has 0 radical (unpaired) electrons. The fourth-order valence-corrected chi connectivity index (χ4v) is 3.25. The molecule has 2 amide bonds. The highest BCUT2D eigenvalue weighted by Crippen LogP contribution is 2.41. The summed E-state index contributed by atoms with van der Waals surface area (Å²) in [5.41, 5.74) is 0.461. The van der Waals surface area contributed by atoms with Gasteiger partial charge in [-0.3, -0.25) is 9.59 Å². The number of halogens is 1. The Bertz CT molecular complexity index is 949. The van der Waals surface area contributed by atoms with Crippen LogP contribution in [-0.4, -0.2) is 50.4 Å². The van der Waals surface area contributed by atoms with Gasteiger partial charge in [0.1, 0.15) is 11.4 Å². The smallest absolute Gasteiger partial charge is 0.313 e. The third-order valence-corrected chi connectivity index (χ3v) is 4.98. The monoisotopic (exact) mass is 365 g/mol. The minimum Gasteiger partial charge on any atom is -0.327 e. The van der Waals surface area contributed by atoms with Gasteiger partial charge in [-0.1, -0.05) is 12.1 Å². The van der Waals surface area contributed by atoms with Crippen LogP contribution in [0.3, 0.4) is 0 Å². The summed E-state index contributed by atoms with van der Waals surface area (Å²) >= 11 is 0. The van der Waals surface area contributed by atoms with Gasteiger partial charge in [-0.25, -0.2) is 4.39 Å². The van der Waals surface area contributed by atoms with E-state index in [9.17, 15) is 19.2 Å². The molecule has 1 aromatic carbocycles. The first-order chi connectivity index (χ1) is 13.0. The first-order valence-electron chi connectivity index (χ1n) is 8.64. The van der Waals surface area contributed by atoms with Gasteiger partial charge >= 0.3 is 11.8 Å². The number of nitrogens with zero attached hydrogens (tertiary/aromatic N) is 5. The summed E-state index contributed by atoms with van der Waals surface area (Å²) in [5.74, 6) is -1.66. The van der Waals surface area contributed by atoms with Crippen molar-refractivity contribution in [2.75, 3.05) is 13.1 Å². The summed E-state index contributed by atoms with van der Waals surface area (Å²) < 4.78 is 13.8. The number of nitriles is 1. The van der Waals surface area contributed by atoms with Crippen molar-refractivity contribution in [3.63, 3.8) is 0 Å². The number of amides is 2. The molecule has 0 atom stereocenters. The number of aromatic nitrogens is 2. The Labute approximate surface area is 155 Å². The molecular weight excluding hydrogens is 349 g/mol. The lowest BCUT2D eigenvalue weighted by atomic mass is 10.1. The SMILES string of the molecule is N#CC1(N2CCN(Cc3ccc(-c4ccccc4F)nn3)C(=O)C2=O)CC1. The van der Waals surface area contributed by atoms with Crippen LogP contribution in [0.25, 0.3) is 11.3 Å². The van der Waals surface area contributed by atoms with Gasteiger partial charge in [-0.2, -0.15) is 15.5 Å². The van der Waals surface area contributed by atoms with Crippen LogP contribution < -0.4 is 0 Å². The fourth-order valence-electron chi connectivity index (χ4n) is 3.25. The van der Waals surface area contributed by atoms with Gasteiger partial charge in [-0.15, -0.1) is 0 Å². The van der Waals surface area contributed by atoms with Crippen LogP contribution in [0.4, 0.5) is 4.39 Å². The van der Waals surface area contributed by atoms with Gasteiger partial charge < -0.3 is 9.80 Å². The summed E-state index contributed by atoms with van der Waals surface area (Å²) in [4.78, 5) is 27.5. The van der Waals surface area contributed by atoms with Crippen LogP contribution in [0, 0.1) is 17.1 Å². The first kappa shape index (κ1) is 17.1. The predicted molar refractivity (Wildman–Crippen MR) is 92.1 cm³/mol. The molecule has 1 aliphatic heterocycles. The standard InChI is InChI=1S/C19H16FN5O2/c20-15-4-2-1-3-14(15)16-6-5-13(22-23-16)11-24-9-10-25(18(27)17(24)26)19(12-21)7-8-19/h1-6H,7-11H2. The summed E-state index contributed by atoms with van der Waals surface area (Å²) in [6.07, 6.45) is 1.23. The molecule has 1 aliphatic carbocycles. The Balaban J connectivity index is 1.46. The van der Waals surface area contributed by atoms with Crippen LogP contribution in [0.1, 0.15) is 18.5 Å². The zero-order chi connectivity index (χ0) is 19.0. The lowest BCUT2D eigenvalue weighted by molar-refractivity contribution is -0.158. The van der Waals surface area contributed by atoms with Crippen molar-refractivity contribution in [3.05, 3.63) is 47.9 Å². The summed E-state index contributed by atoms with van der Waals surface area (Å²) in [6.45, 7) is 0.812. The van der Waals surface area contributed by atoms with E-state index in [0.717, 1.165) is 0 Å². The lowest BCUT2D eigenvalue weighted by Gasteiger charge is -2.36. The lowest BCUT2D eigenvalue weighted by Crippen LogP contribution is -2.57. The van der Waals surface area contributed by atoms with E-state index in [-0.39, 0.29) is 12.4 Å². The van der Waals surface area contributed by atoms with Crippen molar-refractivity contribution in [3.8, 4) is 17.3 Å². The molecule has 2 aromatic rings. The maximum absolute atomic E-state index is 13.8. The van der Waals surface area contributed by atoms with E-state index in [1.54, 1.807) is 30.3 Å². The zero-order valence-electron chi connectivity index (χ0n) is 14.4. The van der Waals surface area contributed by atoms with Crippen molar-refractivity contribution in [1.29, 1.82) is 5.26 Å². The molecule has 1 aromatic heterocycles. The van der Waals surface area contributed by atoms with Gasteiger partial charge in [0.2, 0.25) is 0 Å². The molecule has 1 saturated heterocycles.